The molecule has 1 aromatic carbocycles. The molecule has 0 radical (unpaired) electrons. The van der Waals surface area contributed by atoms with Gasteiger partial charge in [0.15, 0.2) is 0 Å². The van der Waals surface area contributed by atoms with Crippen LogP contribution < -0.4 is 10.1 Å². The van der Waals surface area contributed by atoms with Crippen LogP contribution in [0.4, 0.5) is 0 Å². The number of rotatable bonds is 6. The Hall–Kier alpha value is -2.40. The Bertz CT molecular complexity index is 643. The molecular formula is C17H20N2O3. The number of aryl methyl sites for hydroxylation is 2. The van der Waals surface area contributed by atoms with Gasteiger partial charge in [0.25, 0.3) is 5.91 Å². The molecule has 5 nitrogen and oxygen atoms in total. The Morgan fingerprint density at radius 1 is 1.32 bits per heavy atom. The normalized spacial score (nSPS) is 11.8. The highest BCUT2D eigenvalue weighted by Gasteiger charge is 2.12. The summed E-state index contributed by atoms with van der Waals surface area (Å²) in [4.78, 5) is 16.0. The van der Waals surface area contributed by atoms with Gasteiger partial charge < -0.3 is 15.2 Å². The highest BCUT2D eigenvalue weighted by Crippen LogP contribution is 2.12. The number of carbonyl (C=O) groups excluding carboxylic acids is 1. The third-order valence-corrected chi connectivity index (χ3v) is 3.18. The third kappa shape index (κ3) is 4.56. The van der Waals surface area contributed by atoms with Gasteiger partial charge >= 0.3 is 0 Å². The quantitative estimate of drug-likeness (QED) is 0.854. The molecule has 0 aliphatic carbocycles. The highest BCUT2D eigenvalue weighted by atomic mass is 16.5. The van der Waals surface area contributed by atoms with E-state index in [1.54, 1.807) is 25.3 Å². The van der Waals surface area contributed by atoms with Crippen LogP contribution in [0, 0.1) is 13.8 Å². The molecule has 0 bridgehead atoms. The van der Waals surface area contributed by atoms with Crippen LogP contribution in [0.15, 0.2) is 42.6 Å². The second-order valence-electron chi connectivity index (χ2n) is 5.13. The van der Waals surface area contributed by atoms with Crippen molar-refractivity contribution in [1.82, 2.24) is 10.3 Å². The van der Waals surface area contributed by atoms with Crippen molar-refractivity contribution in [2.45, 2.75) is 20.0 Å². The molecule has 0 spiro atoms. The molecule has 0 fully saturated rings. The second-order valence-corrected chi connectivity index (χ2v) is 5.13. The fourth-order valence-electron chi connectivity index (χ4n) is 1.99. The monoisotopic (exact) mass is 300 g/mol. The average molecular weight is 300 g/mol. The van der Waals surface area contributed by atoms with Crippen LogP contribution in [-0.2, 0) is 0 Å². The van der Waals surface area contributed by atoms with E-state index in [0.717, 1.165) is 5.56 Å². The van der Waals surface area contributed by atoms with E-state index in [4.69, 9.17) is 4.74 Å². The SMILES string of the molecule is Cc1cccc(OCC(O)CNC(=O)c2cccnc2C)c1. The smallest absolute Gasteiger partial charge is 0.253 e. The summed E-state index contributed by atoms with van der Waals surface area (Å²) in [5.41, 5.74) is 2.26. The summed E-state index contributed by atoms with van der Waals surface area (Å²) in [6, 6.07) is 11.0. The lowest BCUT2D eigenvalue weighted by molar-refractivity contribution is 0.0843. The van der Waals surface area contributed by atoms with Crippen molar-refractivity contribution >= 4 is 5.91 Å². The lowest BCUT2D eigenvalue weighted by Gasteiger charge is -2.14. The molecular weight excluding hydrogens is 280 g/mol. The number of aliphatic hydroxyl groups is 1. The number of ether oxygens (including phenoxy) is 1. The largest absolute Gasteiger partial charge is 0.491 e. The Morgan fingerprint density at radius 2 is 2.14 bits per heavy atom. The molecule has 2 aromatic rings. The molecule has 1 amide bonds. The number of amides is 1. The zero-order chi connectivity index (χ0) is 15.9. The number of hydrogen-bond donors (Lipinski definition) is 2. The minimum atomic E-state index is -0.776. The van der Waals surface area contributed by atoms with E-state index < -0.39 is 6.10 Å². The van der Waals surface area contributed by atoms with E-state index in [2.05, 4.69) is 10.3 Å². The van der Waals surface area contributed by atoms with Gasteiger partial charge in [0.2, 0.25) is 0 Å². The Labute approximate surface area is 130 Å². The molecule has 1 heterocycles. The maximum absolute atomic E-state index is 12.0. The van der Waals surface area contributed by atoms with E-state index >= 15 is 0 Å². The van der Waals surface area contributed by atoms with Gasteiger partial charge in [-0.05, 0) is 43.7 Å². The average Bonchev–Trinajstić information content (AvgIpc) is 2.51. The lowest BCUT2D eigenvalue weighted by Crippen LogP contribution is -2.35. The van der Waals surface area contributed by atoms with E-state index in [1.807, 2.05) is 31.2 Å². The molecule has 0 aliphatic heterocycles. The number of hydrogen-bond acceptors (Lipinski definition) is 4. The van der Waals surface area contributed by atoms with Crippen LogP contribution in [0.25, 0.3) is 0 Å². The van der Waals surface area contributed by atoms with Gasteiger partial charge in [0.05, 0.1) is 5.56 Å². The first kappa shape index (κ1) is 16.0. The predicted octanol–water partition coefficient (Wildman–Crippen LogP) is 1.87. The summed E-state index contributed by atoms with van der Waals surface area (Å²) in [6.45, 7) is 3.99. The Morgan fingerprint density at radius 3 is 2.86 bits per heavy atom. The van der Waals surface area contributed by atoms with Crippen LogP contribution in [0.5, 0.6) is 5.75 Å². The number of aromatic nitrogens is 1. The summed E-state index contributed by atoms with van der Waals surface area (Å²) in [7, 11) is 0. The number of nitrogens with zero attached hydrogens (tertiary/aromatic N) is 1. The zero-order valence-corrected chi connectivity index (χ0v) is 12.7. The van der Waals surface area contributed by atoms with Crippen molar-refractivity contribution in [2.75, 3.05) is 13.2 Å². The summed E-state index contributed by atoms with van der Waals surface area (Å²) < 4.78 is 5.50. The topological polar surface area (TPSA) is 71.5 Å². The van der Waals surface area contributed by atoms with Gasteiger partial charge in [-0.3, -0.25) is 9.78 Å². The molecule has 2 N–H and O–H groups in total. The first-order valence-electron chi connectivity index (χ1n) is 7.13. The van der Waals surface area contributed by atoms with Crippen LogP contribution in [0.2, 0.25) is 0 Å². The number of carbonyl (C=O) groups is 1. The summed E-state index contributed by atoms with van der Waals surface area (Å²) in [5.74, 6) is 0.452. The minimum Gasteiger partial charge on any atom is -0.491 e. The molecule has 1 atom stereocenters. The Kier molecular flexibility index (Phi) is 5.49. The van der Waals surface area contributed by atoms with E-state index in [9.17, 15) is 9.90 Å². The first-order valence-corrected chi connectivity index (χ1v) is 7.13. The van der Waals surface area contributed by atoms with Crippen LogP contribution in [0.1, 0.15) is 21.6 Å². The molecule has 1 unspecified atom stereocenters. The molecule has 22 heavy (non-hydrogen) atoms. The molecule has 0 saturated carbocycles. The van der Waals surface area contributed by atoms with E-state index in [0.29, 0.717) is 17.0 Å². The predicted molar refractivity (Wildman–Crippen MR) is 84.0 cm³/mol. The van der Waals surface area contributed by atoms with Crippen molar-refractivity contribution < 1.29 is 14.6 Å². The number of pyridine rings is 1. The molecule has 5 heteroatoms. The van der Waals surface area contributed by atoms with Crippen molar-refractivity contribution in [3.05, 3.63) is 59.4 Å². The maximum atomic E-state index is 12.0. The Balaban J connectivity index is 1.79. The van der Waals surface area contributed by atoms with Crippen LogP contribution in [0.3, 0.4) is 0 Å². The maximum Gasteiger partial charge on any atom is 0.253 e. The molecule has 0 saturated heterocycles. The zero-order valence-electron chi connectivity index (χ0n) is 12.7. The minimum absolute atomic E-state index is 0.121. The van der Waals surface area contributed by atoms with Gasteiger partial charge in [-0.15, -0.1) is 0 Å². The van der Waals surface area contributed by atoms with Crippen molar-refractivity contribution in [3.8, 4) is 5.75 Å². The van der Waals surface area contributed by atoms with E-state index in [-0.39, 0.29) is 19.1 Å². The number of nitrogens with one attached hydrogen (secondary N) is 1. The fourth-order valence-corrected chi connectivity index (χ4v) is 1.99. The summed E-state index contributed by atoms with van der Waals surface area (Å²) >= 11 is 0. The molecule has 2 rings (SSSR count). The first-order chi connectivity index (χ1) is 10.6. The van der Waals surface area contributed by atoms with Crippen LogP contribution in [-0.4, -0.2) is 35.3 Å². The molecule has 1 aromatic heterocycles. The highest BCUT2D eigenvalue weighted by molar-refractivity contribution is 5.95. The van der Waals surface area contributed by atoms with Gasteiger partial charge in [-0.1, -0.05) is 12.1 Å². The fraction of sp³-hybridized carbons (Fsp3) is 0.294. The van der Waals surface area contributed by atoms with Gasteiger partial charge in [-0.25, -0.2) is 0 Å². The van der Waals surface area contributed by atoms with Crippen molar-refractivity contribution in [2.24, 2.45) is 0 Å². The number of aliphatic hydroxyl groups excluding tert-OH is 1. The van der Waals surface area contributed by atoms with Crippen LogP contribution >= 0.6 is 0 Å². The van der Waals surface area contributed by atoms with Gasteiger partial charge in [-0.2, -0.15) is 0 Å². The van der Waals surface area contributed by atoms with Gasteiger partial charge in [0.1, 0.15) is 18.5 Å². The van der Waals surface area contributed by atoms with Gasteiger partial charge in [0, 0.05) is 18.4 Å². The molecule has 0 aliphatic rings. The third-order valence-electron chi connectivity index (χ3n) is 3.18. The van der Waals surface area contributed by atoms with Crippen molar-refractivity contribution in [1.29, 1.82) is 0 Å². The number of benzene rings is 1. The van der Waals surface area contributed by atoms with E-state index in [1.165, 1.54) is 0 Å². The van der Waals surface area contributed by atoms with Crippen molar-refractivity contribution in [3.63, 3.8) is 0 Å². The second kappa shape index (κ2) is 7.56. The summed E-state index contributed by atoms with van der Waals surface area (Å²) in [5, 5.41) is 12.6. The standard InChI is InChI=1S/C17H20N2O3/c1-12-5-3-6-15(9-12)22-11-14(20)10-19-17(21)16-7-4-8-18-13(16)2/h3-9,14,20H,10-11H2,1-2H3,(H,19,21). The lowest BCUT2D eigenvalue weighted by atomic mass is 10.2. The summed E-state index contributed by atoms with van der Waals surface area (Å²) in [6.07, 6.45) is 0.859. The molecule has 116 valence electrons.